The van der Waals surface area contributed by atoms with Gasteiger partial charge in [0, 0.05) is 17.8 Å². The zero-order valence-electron chi connectivity index (χ0n) is 15.5. The molecule has 0 saturated carbocycles. The van der Waals surface area contributed by atoms with E-state index in [1.54, 1.807) is 18.2 Å². The molecule has 0 spiro atoms. The molecule has 0 aromatic heterocycles. The third-order valence-electron chi connectivity index (χ3n) is 3.70. The number of hydrogen-bond donors (Lipinski definition) is 2. The Morgan fingerprint density at radius 3 is 2.17 bits per heavy atom. The molecule has 0 aliphatic carbocycles. The third-order valence-corrected chi connectivity index (χ3v) is 3.70. The number of esters is 1. The van der Waals surface area contributed by atoms with Gasteiger partial charge in [0.2, 0.25) is 5.91 Å². The van der Waals surface area contributed by atoms with E-state index in [9.17, 15) is 27.6 Å². The van der Waals surface area contributed by atoms with Crippen LogP contribution in [0.2, 0.25) is 0 Å². The normalized spacial score (nSPS) is 10.9. The molecule has 0 radical (unpaired) electrons. The summed E-state index contributed by atoms with van der Waals surface area (Å²) in [7, 11) is 0. The van der Waals surface area contributed by atoms with Gasteiger partial charge in [0.15, 0.2) is 6.61 Å². The SMILES string of the molecule is Cc1cccc(NC(=O)COC(=O)CCC(=O)Nc2cccc(C(F)(F)F)c2)c1. The minimum Gasteiger partial charge on any atom is -0.456 e. The van der Waals surface area contributed by atoms with Gasteiger partial charge in [0.05, 0.1) is 12.0 Å². The smallest absolute Gasteiger partial charge is 0.416 e. The van der Waals surface area contributed by atoms with E-state index in [0.717, 1.165) is 17.7 Å². The second kappa shape index (κ2) is 9.72. The summed E-state index contributed by atoms with van der Waals surface area (Å²) >= 11 is 0. The number of anilines is 2. The Hall–Kier alpha value is -3.36. The highest BCUT2D eigenvalue weighted by Gasteiger charge is 2.30. The summed E-state index contributed by atoms with van der Waals surface area (Å²) < 4.78 is 42.8. The van der Waals surface area contributed by atoms with Gasteiger partial charge in [0.1, 0.15) is 0 Å². The molecule has 9 heteroatoms. The van der Waals surface area contributed by atoms with Crippen LogP contribution in [0.25, 0.3) is 0 Å². The Bertz CT molecular complexity index is 897. The Balaban J connectivity index is 1.73. The van der Waals surface area contributed by atoms with Gasteiger partial charge in [0.25, 0.3) is 5.91 Å². The van der Waals surface area contributed by atoms with Crippen molar-refractivity contribution in [2.45, 2.75) is 25.9 Å². The summed E-state index contributed by atoms with van der Waals surface area (Å²) in [6.45, 7) is 1.35. The molecule has 0 aliphatic rings. The number of carbonyl (C=O) groups excluding carboxylic acids is 3. The number of amides is 2. The molecule has 154 valence electrons. The zero-order valence-corrected chi connectivity index (χ0v) is 15.5. The first kappa shape index (κ1) is 21.9. The zero-order chi connectivity index (χ0) is 21.4. The fraction of sp³-hybridized carbons (Fsp3) is 0.250. The molecule has 2 aromatic rings. The van der Waals surface area contributed by atoms with Crippen molar-refractivity contribution in [3.8, 4) is 0 Å². The lowest BCUT2D eigenvalue weighted by Gasteiger charge is -2.10. The van der Waals surface area contributed by atoms with E-state index in [-0.39, 0.29) is 18.5 Å². The average molecular weight is 408 g/mol. The van der Waals surface area contributed by atoms with Crippen LogP contribution in [0.4, 0.5) is 24.5 Å². The molecule has 0 atom stereocenters. The summed E-state index contributed by atoms with van der Waals surface area (Å²) in [6, 6.07) is 11.2. The standard InChI is InChI=1S/C20H19F3N2O4/c1-13-4-2-6-15(10-13)25-18(27)12-29-19(28)9-8-17(26)24-16-7-3-5-14(11-16)20(21,22)23/h2-7,10-11H,8-9,12H2,1H3,(H,24,26)(H,25,27). The Kier molecular flexibility index (Phi) is 7.35. The molecule has 0 aliphatic heterocycles. The van der Waals surface area contributed by atoms with Crippen molar-refractivity contribution in [2.75, 3.05) is 17.2 Å². The van der Waals surface area contributed by atoms with Crippen molar-refractivity contribution in [1.82, 2.24) is 0 Å². The molecule has 2 rings (SSSR count). The number of rotatable bonds is 7. The number of benzene rings is 2. The van der Waals surface area contributed by atoms with Crippen LogP contribution in [0.15, 0.2) is 48.5 Å². The second-order valence-corrected chi connectivity index (χ2v) is 6.21. The molecule has 0 saturated heterocycles. The van der Waals surface area contributed by atoms with E-state index >= 15 is 0 Å². The maximum atomic E-state index is 12.7. The van der Waals surface area contributed by atoms with Crippen LogP contribution in [-0.4, -0.2) is 24.4 Å². The minimum atomic E-state index is -4.52. The molecule has 0 fully saturated rings. The maximum absolute atomic E-state index is 12.7. The van der Waals surface area contributed by atoms with Gasteiger partial charge in [-0.3, -0.25) is 14.4 Å². The van der Waals surface area contributed by atoms with Crippen LogP contribution in [0.3, 0.4) is 0 Å². The summed E-state index contributed by atoms with van der Waals surface area (Å²) in [6.07, 6.45) is -5.14. The van der Waals surface area contributed by atoms with Crippen LogP contribution in [0, 0.1) is 6.92 Å². The first-order chi connectivity index (χ1) is 13.6. The molecule has 2 amide bonds. The molecule has 0 unspecified atom stereocenters. The summed E-state index contributed by atoms with van der Waals surface area (Å²) in [5.41, 5.74) is 0.586. The van der Waals surface area contributed by atoms with Crippen molar-refractivity contribution in [2.24, 2.45) is 0 Å². The average Bonchev–Trinajstić information content (AvgIpc) is 2.64. The Morgan fingerprint density at radius 1 is 0.897 bits per heavy atom. The van der Waals surface area contributed by atoms with Gasteiger partial charge < -0.3 is 15.4 Å². The highest BCUT2D eigenvalue weighted by molar-refractivity contribution is 5.94. The topological polar surface area (TPSA) is 84.5 Å². The lowest BCUT2D eigenvalue weighted by molar-refractivity contribution is -0.147. The van der Waals surface area contributed by atoms with Crippen molar-refractivity contribution < 1.29 is 32.3 Å². The molecule has 6 nitrogen and oxygen atoms in total. The third kappa shape index (κ3) is 7.65. The van der Waals surface area contributed by atoms with E-state index in [2.05, 4.69) is 10.6 Å². The fourth-order valence-electron chi connectivity index (χ4n) is 2.35. The van der Waals surface area contributed by atoms with E-state index in [1.807, 2.05) is 13.0 Å². The van der Waals surface area contributed by atoms with Crippen molar-refractivity contribution in [1.29, 1.82) is 0 Å². The lowest BCUT2D eigenvalue weighted by Crippen LogP contribution is -2.21. The number of ether oxygens (including phenoxy) is 1. The fourth-order valence-corrected chi connectivity index (χ4v) is 2.35. The van der Waals surface area contributed by atoms with E-state index in [1.165, 1.54) is 12.1 Å². The Morgan fingerprint density at radius 2 is 1.52 bits per heavy atom. The summed E-state index contributed by atoms with van der Waals surface area (Å²) in [5.74, 6) is -1.95. The summed E-state index contributed by atoms with van der Waals surface area (Å²) in [4.78, 5) is 35.2. The molecule has 2 N–H and O–H groups in total. The van der Waals surface area contributed by atoms with E-state index in [4.69, 9.17) is 4.74 Å². The molecule has 2 aromatic carbocycles. The van der Waals surface area contributed by atoms with Crippen molar-refractivity contribution in [3.05, 3.63) is 59.7 Å². The monoisotopic (exact) mass is 408 g/mol. The Labute approximate surface area is 165 Å². The highest BCUT2D eigenvalue weighted by atomic mass is 19.4. The molecular formula is C20H19F3N2O4. The molecule has 0 bridgehead atoms. The quantitative estimate of drug-likeness (QED) is 0.681. The predicted molar refractivity (Wildman–Crippen MR) is 100 cm³/mol. The van der Waals surface area contributed by atoms with Gasteiger partial charge in [-0.05, 0) is 42.8 Å². The largest absolute Gasteiger partial charge is 0.456 e. The highest BCUT2D eigenvalue weighted by Crippen LogP contribution is 2.30. The number of nitrogens with one attached hydrogen (secondary N) is 2. The number of carbonyl (C=O) groups is 3. The minimum absolute atomic E-state index is 0.0317. The molecular weight excluding hydrogens is 389 g/mol. The number of aryl methyl sites for hydroxylation is 1. The van der Waals surface area contributed by atoms with Crippen molar-refractivity contribution in [3.63, 3.8) is 0 Å². The number of halogens is 3. The molecule has 0 heterocycles. The van der Waals surface area contributed by atoms with Crippen LogP contribution in [0.1, 0.15) is 24.0 Å². The summed E-state index contributed by atoms with van der Waals surface area (Å²) in [5, 5.41) is 4.85. The van der Waals surface area contributed by atoms with Gasteiger partial charge in [-0.15, -0.1) is 0 Å². The van der Waals surface area contributed by atoms with Crippen molar-refractivity contribution >= 4 is 29.2 Å². The maximum Gasteiger partial charge on any atom is 0.416 e. The van der Waals surface area contributed by atoms with Crippen LogP contribution in [0.5, 0.6) is 0 Å². The van der Waals surface area contributed by atoms with E-state index in [0.29, 0.717) is 5.69 Å². The number of hydrogen-bond acceptors (Lipinski definition) is 4. The van der Waals surface area contributed by atoms with Gasteiger partial charge in [-0.2, -0.15) is 13.2 Å². The van der Waals surface area contributed by atoms with Gasteiger partial charge in [-0.1, -0.05) is 18.2 Å². The van der Waals surface area contributed by atoms with Gasteiger partial charge >= 0.3 is 12.1 Å². The lowest BCUT2D eigenvalue weighted by atomic mass is 10.2. The first-order valence-corrected chi connectivity index (χ1v) is 8.63. The molecule has 29 heavy (non-hydrogen) atoms. The van der Waals surface area contributed by atoms with Crippen LogP contribution in [-0.2, 0) is 25.3 Å². The predicted octanol–water partition coefficient (Wildman–Crippen LogP) is 3.91. The van der Waals surface area contributed by atoms with Crippen LogP contribution >= 0.6 is 0 Å². The van der Waals surface area contributed by atoms with Crippen LogP contribution < -0.4 is 10.6 Å². The second-order valence-electron chi connectivity index (χ2n) is 6.21. The number of alkyl halides is 3. The van der Waals surface area contributed by atoms with Gasteiger partial charge in [-0.25, -0.2) is 0 Å². The van der Waals surface area contributed by atoms with E-state index < -0.39 is 36.1 Å². The first-order valence-electron chi connectivity index (χ1n) is 8.63.